The quantitative estimate of drug-likeness (QED) is 0.112. The van der Waals surface area contributed by atoms with Gasteiger partial charge in [-0.3, -0.25) is 0 Å². The molecule has 0 radical (unpaired) electrons. The number of hydrogen-bond acceptors (Lipinski definition) is 2. The van der Waals surface area contributed by atoms with E-state index in [-0.39, 0.29) is 5.92 Å². The summed E-state index contributed by atoms with van der Waals surface area (Å²) < 4.78 is 0. The third-order valence-electron chi connectivity index (χ3n) is 9.23. The normalized spacial score (nSPS) is 11.1. The summed E-state index contributed by atoms with van der Waals surface area (Å²) in [6.07, 6.45) is 5.83. The van der Waals surface area contributed by atoms with Gasteiger partial charge in [-0.1, -0.05) is 176 Å². The molecular weight excluding hydrogens is 641 g/mol. The van der Waals surface area contributed by atoms with E-state index in [1.54, 1.807) is 6.08 Å². The fourth-order valence-electron chi connectivity index (χ4n) is 6.21. The molecule has 0 bridgehead atoms. The summed E-state index contributed by atoms with van der Waals surface area (Å²) in [5.74, 6) is 7.17. The van der Waals surface area contributed by atoms with Gasteiger partial charge in [-0.05, 0) is 86.1 Å². The molecule has 1 unspecified atom stereocenters. The third kappa shape index (κ3) is 9.53. The van der Waals surface area contributed by atoms with E-state index in [0.717, 1.165) is 44.8 Å². The second-order valence-electron chi connectivity index (χ2n) is 13.2. The lowest BCUT2D eigenvalue weighted by Crippen LogP contribution is -2.03. The van der Waals surface area contributed by atoms with Crippen LogP contribution in [0.5, 0.6) is 0 Å². The molecule has 262 valence electrons. The van der Waals surface area contributed by atoms with Gasteiger partial charge in [-0.25, -0.2) is 9.97 Å². The van der Waals surface area contributed by atoms with Gasteiger partial charge in [0.1, 0.15) is 0 Å². The van der Waals surface area contributed by atoms with Crippen molar-refractivity contribution in [3.63, 3.8) is 0 Å². The molecule has 0 aliphatic heterocycles. The topological polar surface area (TPSA) is 25.8 Å². The number of aryl methyl sites for hydroxylation is 1. The minimum Gasteiger partial charge on any atom is -0.228 e. The first kappa shape index (κ1) is 37.9. The zero-order chi connectivity index (χ0) is 37.7. The van der Waals surface area contributed by atoms with Gasteiger partial charge in [-0.15, -0.1) is 5.92 Å². The smallest absolute Gasteiger partial charge is 0.160 e. The van der Waals surface area contributed by atoms with Gasteiger partial charge in [0.15, 0.2) is 5.82 Å². The summed E-state index contributed by atoms with van der Waals surface area (Å²) in [4.78, 5) is 10.1. The maximum Gasteiger partial charge on any atom is 0.160 e. The molecule has 0 amide bonds. The molecule has 0 N–H and O–H groups in total. The summed E-state index contributed by atoms with van der Waals surface area (Å²) in [6.45, 7) is 20.5. The van der Waals surface area contributed by atoms with Crippen molar-refractivity contribution in [2.24, 2.45) is 0 Å². The molecule has 53 heavy (non-hydrogen) atoms. The molecule has 5 aromatic carbocycles. The Morgan fingerprint density at radius 2 is 1.25 bits per heavy atom. The van der Waals surface area contributed by atoms with E-state index in [1.807, 2.05) is 49.4 Å². The van der Waals surface area contributed by atoms with Crippen molar-refractivity contribution in [1.29, 1.82) is 0 Å². The lowest BCUT2D eigenvalue weighted by Gasteiger charge is -2.15. The molecule has 1 atom stereocenters. The number of nitrogens with zero attached hydrogens (tertiary/aromatic N) is 2. The lowest BCUT2D eigenvalue weighted by molar-refractivity contribution is 1.00. The van der Waals surface area contributed by atoms with Crippen LogP contribution in [0.25, 0.3) is 44.9 Å². The summed E-state index contributed by atoms with van der Waals surface area (Å²) in [6, 6.07) is 46.1. The molecule has 2 nitrogen and oxygen atoms in total. The Hall–Kier alpha value is -6.30. The van der Waals surface area contributed by atoms with Gasteiger partial charge in [-0.2, -0.15) is 0 Å². The second-order valence-corrected chi connectivity index (χ2v) is 13.2. The first-order valence-corrected chi connectivity index (χ1v) is 18.1. The molecule has 0 fully saturated rings. The minimum atomic E-state index is 0.232. The molecule has 0 saturated heterocycles. The van der Waals surface area contributed by atoms with Crippen LogP contribution in [0, 0.1) is 25.7 Å². The SMILES string of the molecule is C=C(c1ccccc1)c1ccccc1C.C=C/C=C\C(=C(C)C)c1nc(-c2ccc(-c3ccc(C(C)C#CC)cc3)cc2)nc(-c2ccccc2)c1C. The molecule has 0 aliphatic rings. The number of rotatable bonds is 9. The Labute approximate surface area is 317 Å². The first-order valence-electron chi connectivity index (χ1n) is 18.1. The van der Waals surface area contributed by atoms with Crippen LogP contribution in [0.15, 0.2) is 170 Å². The zero-order valence-corrected chi connectivity index (χ0v) is 31.8. The van der Waals surface area contributed by atoms with Crippen molar-refractivity contribution in [3.8, 4) is 45.6 Å². The van der Waals surface area contributed by atoms with E-state index < -0.39 is 0 Å². The summed E-state index contributed by atoms with van der Waals surface area (Å²) >= 11 is 0. The van der Waals surface area contributed by atoms with E-state index in [2.05, 4.69) is 163 Å². The fraction of sp³-hybridized carbons (Fsp3) is 0.137. The lowest BCUT2D eigenvalue weighted by atomic mass is 9.96. The van der Waals surface area contributed by atoms with Crippen LogP contribution in [0.2, 0.25) is 0 Å². The summed E-state index contributed by atoms with van der Waals surface area (Å²) in [7, 11) is 0. The molecular formula is C51H48N2. The molecule has 6 rings (SSSR count). The van der Waals surface area contributed by atoms with Crippen LogP contribution >= 0.6 is 0 Å². The van der Waals surface area contributed by atoms with E-state index in [1.165, 1.54) is 33.4 Å². The van der Waals surface area contributed by atoms with Gasteiger partial charge in [0.2, 0.25) is 0 Å². The van der Waals surface area contributed by atoms with Crippen molar-refractivity contribution >= 4 is 11.1 Å². The highest BCUT2D eigenvalue weighted by molar-refractivity contribution is 5.82. The van der Waals surface area contributed by atoms with Crippen molar-refractivity contribution in [3.05, 3.63) is 204 Å². The zero-order valence-electron chi connectivity index (χ0n) is 31.8. The predicted octanol–water partition coefficient (Wildman–Crippen LogP) is 13.5. The van der Waals surface area contributed by atoms with Crippen LogP contribution in [-0.2, 0) is 0 Å². The molecule has 0 saturated carbocycles. The molecule has 6 aromatic rings. The van der Waals surface area contributed by atoms with E-state index >= 15 is 0 Å². The van der Waals surface area contributed by atoms with Gasteiger partial charge in [0, 0.05) is 22.6 Å². The van der Waals surface area contributed by atoms with Gasteiger partial charge >= 0.3 is 0 Å². The number of hydrogen-bond donors (Lipinski definition) is 0. The largest absolute Gasteiger partial charge is 0.228 e. The molecule has 0 aliphatic carbocycles. The maximum atomic E-state index is 5.09. The predicted molar refractivity (Wildman–Crippen MR) is 228 cm³/mol. The standard InChI is InChI=1S/C36H34N2.C15H14/c1-7-9-16-33(25(3)4)35-27(6)34(31-14-11-10-12-15-31)37-36(38-35)32-23-21-30(22-24-32)29-19-17-28(18-20-29)26(5)13-8-2;1-12-8-6-7-11-15(12)13(2)14-9-4-3-5-10-14/h7,9-12,14-24,26H,1H2,2-6H3;3-11H,2H2,1H3/b16-9-;. The average Bonchev–Trinajstić information content (AvgIpc) is 3.19. The Morgan fingerprint density at radius 3 is 1.83 bits per heavy atom. The van der Waals surface area contributed by atoms with Crippen molar-refractivity contribution in [2.75, 3.05) is 0 Å². The second kappa shape index (κ2) is 18.3. The van der Waals surface area contributed by atoms with Crippen LogP contribution in [0.4, 0.5) is 0 Å². The van der Waals surface area contributed by atoms with Crippen molar-refractivity contribution in [1.82, 2.24) is 9.97 Å². The summed E-state index contributed by atoms with van der Waals surface area (Å²) in [5.41, 5.74) is 15.6. The number of allylic oxidation sites excluding steroid dienone is 5. The fourth-order valence-corrected chi connectivity index (χ4v) is 6.21. The van der Waals surface area contributed by atoms with Gasteiger partial charge < -0.3 is 0 Å². The molecule has 0 spiro atoms. The van der Waals surface area contributed by atoms with Crippen LogP contribution in [0.1, 0.15) is 67.1 Å². The first-order chi connectivity index (χ1) is 25.7. The van der Waals surface area contributed by atoms with Crippen molar-refractivity contribution < 1.29 is 0 Å². The average molecular weight is 689 g/mol. The molecule has 2 heteroatoms. The van der Waals surface area contributed by atoms with E-state index in [4.69, 9.17) is 9.97 Å². The van der Waals surface area contributed by atoms with Crippen LogP contribution in [0.3, 0.4) is 0 Å². The van der Waals surface area contributed by atoms with E-state index in [9.17, 15) is 0 Å². The Balaban J connectivity index is 0.000000300. The monoisotopic (exact) mass is 688 g/mol. The van der Waals surface area contributed by atoms with Crippen molar-refractivity contribution in [2.45, 2.75) is 47.5 Å². The third-order valence-corrected chi connectivity index (χ3v) is 9.23. The van der Waals surface area contributed by atoms with Gasteiger partial charge in [0.05, 0.1) is 11.4 Å². The Bertz CT molecular complexity index is 2290. The maximum absolute atomic E-state index is 5.09. The number of benzene rings is 5. The molecule has 1 heterocycles. The Morgan fingerprint density at radius 1 is 0.679 bits per heavy atom. The highest BCUT2D eigenvalue weighted by atomic mass is 14.9. The highest BCUT2D eigenvalue weighted by Gasteiger charge is 2.17. The number of aromatic nitrogens is 2. The van der Waals surface area contributed by atoms with Crippen LogP contribution < -0.4 is 0 Å². The van der Waals surface area contributed by atoms with Gasteiger partial charge in [0.25, 0.3) is 0 Å². The molecule has 1 aromatic heterocycles. The van der Waals surface area contributed by atoms with E-state index in [0.29, 0.717) is 5.82 Å². The van der Waals surface area contributed by atoms with Crippen LogP contribution in [-0.4, -0.2) is 9.97 Å². The summed E-state index contributed by atoms with van der Waals surface area (Å²) in [5, 5.41) is 0. The minimum absolute atomic E-state index is 0.232. The Kier molecular flexibility index (Phi) is 13.1. The highest BCUT2D eigenvalue weighted by Crippen LogP contribution is 2.33.